The molecule has 6 N–H and O–H groups in total. The zero-order valence-corrected chi connectivity index (χ0v) is 51.9. The molecule has 1 fully saturated rings. The number of hydrogen-bond donors (Lipinski definition) is 6. The van der Waals surface area contributed by atoms with Crippen molar-refractivity contribution < 1.29 is 49.3 Å². The number of carbonyl (C=O) groups excluding carboxylic acids is 2. The van der Waals surface area contributed by atoms with Gasteiger partial charge in [-0.3, -0.25) is 9.59 Å². The number of nitrogens with one attached hydrogen (secondary N) is 1. The summed E-state index contributed by atoms with van der Waals surface area (Å²) in [4.78, 5) is 26.6. The molecule has 8 unspecified atom stereocenters. The SMILES string of the molecule is CCCCC/C=C\C/C=C\C/C=C\C/C=C\CCCCC(O)C(=O)NC(COC1OC(CO)C(O)C(O)C1OC(=O)CCCCCCCCCCCCC/C=C\C/C=C\CCCCC)C(O)/C=C/CCCCCCCCCCCCC. The number of amides is 1. The number of aliphatic hydroxyl groups is 5. The number of rotatable bonds is 56. The topological polar surface area (TPSA) is 175 Å². The number of aliphatic hydroxyl groups excluding tert-OH is 5. The standard InChI is InChI=1S/C70H123NO10/c1-4-7-10-13-16-19-22-25-27-29-31-32-33-35-37-40-43-46-49-52-55-58-65(75)81-68-67(77)66(76)64(59-72)80-70(68)79-60-61(62(73)56-53-50-47-44-41-38-24-21-18-15-12-9-6-3)71-69(78)63(74)57-54-51-48-45-42-39-36-34-30-28-26-23-20-17-14-11-8-5-2/h16-17,19-20,25-28,34,36,42,45,53,56,61-64,66-68,70,72-74,76-77H,4-15,18,21-24,29-33,35,37-41,43-44,46-52,54-55,57-60H2,1-3H3,(H,71,78)/b19-16-,20-17-,27-25-,28-26-,36-34-,45-42-,56-53+. The molecule has 81 heavy (non-hydrogen) atoms. The Morgan fingerprint density at radius 3 is 1.30 bits per heavy atom. The monoisotopic (exact) mass is 1140 g/mol. The maximum absolute atomic E-state index is 13.4. The first-order chi connectivity index (χ1) is 39.7. The van der Waals surface area contributed by atoms with Gasteiger partial charge in [0.15, 0.2) is 12.4 Å². The van der Waals surface area contributed by atoms with Gasteiger partial charge in [-0.15, -0.1) is 0 Å². The van der Waals surface area contributed by atoms with E-state index in [0.717, 1.165) is 83.5 Å². The minimum Gasteiger partial charge on any atom is -0.454 e. The van der Waals surface area contributed by atoms with E-state index >= 15 is 0 Å². The van der Waals surface area contributed by atoms with Crippen LogP contribution in [0.5, 0.6) is 0 Å². The molecule has 0 spiro atoms. The summed E-state index contributed by atoms with van der Waals surface area (Å²) in [5.41, 5.74) is 0. The van der Waals surface area contributed by atoms with Crippen LogP contribution in [0.25, 0.3) is 0 Å². The molecule has 0 saturated carbocycles. The van der Waals surface area contributed by atoms with Crippen molar-refractivity contribution >= 4 is 11.9 Å². The van der Waals surface area contributed by atoms with Crippen molar-refractivity contribution in [3.05, 3.63) is 85.1 Å². The molecular formula is C70H123NO10. The highest BCUT2D eigenvalue weighted by atomic mass is 16.7. The molecule has 11 nitrogen and oxygen atoms in total. The van der Waals surface area contributed by atoms with Crippen LogP contribution in [0.2, 0.25) is 0 Å². The molecule has 0 radical (unpaired) electrons. The Hall–Kier alpha value is -3.16. The summed E-state index contributed by atoms with van der Waals surface area (Å²) in [5, 5.41) is 57.1. The van der Waals surface area contributed by atoms with Crippen LogP contribution >= 0.6 is 0 Å². The fourth-order valence-electron chi connectivity index (χ4n) is 9.96. The van der Waals surface area contributed by atoms with Crippen molar-refractivity contribution in [1.82, 2.24) is 5.32 Å². The maximum atomic E-state index is 13.4. The van der Waals surface area contributed by atoms with Crippen LogP contribution in [-0.4, -0.2) is 99.6 Å². The Balaban J connectivity index is 2.67. The van der Waals surface area contributed by atoms with Gasteiger partial charge in [-0.25, -0.2) is 0 Å². The zero-order valence-electron chi connectivity index (χ0n) is 51.9. The van der Waals surface area contributed by atoms with Crippen LogP contribution in [0.4, 0.5) is 0 Å². The van der Waals surface area contributed by atoms with Crippen molar-refractivity contribution in [2.75, 3.05) is 13.2 Å². The summed E-state index contributed by atoms with van der Waals surface area (Å²) in [6.07, 6.45) is 64.7. The normalized spacial score (nSPS) is 19.2. The highest BCUT2D eigenvalue weighted by Gasteiger charge is 2.47. The van der Waals surface area contributed by atoms with Crippen molar-refractivity contribution in [2.24, 2.45) is 0 Å². The molecule has 1 heterocycles. The predicted octanol–water partition coefficient (Wildman–Crippen LogP) is 16.5. The summed E-state index contributed by atoms with van der Waals surface area (Å²) in [6, 6.07) is -1.05. The van der Waals surface area contributed by atoms with Crippen LogP contribution in [0.3, 0.4) is 0 Å². The first-order valence-electron chi connectivity index (χ1n) is 33.4. The molecule has 1 aliphatic rings. The highest BCUT2D eigenvalue weighted by Crippen LogP contribution is 2.26. The van der Waals surface area contributed by atoms with Gasteiger partial charge < -0.3 is 45.1 Å². The van der Waals surface area contributed by atoms with E-state index in [1.807, 2.05) is 6.08 Å². The molecule has 8 atom stereocenters. The predicted molar refractivity (Wildman–Crippen MR) is 338 cm³/mol. The summed E-state index contributed by atoms with van der Waals surface area (Å²) in [6.45, 7) is 5.73. The Kier molecular flexibility index (Phi) is 53.6. The number of unbranched alkanes of at least 4 members (excludes halogenated alkanes) is 30. The molecule has 0 aromatic carbocycles. The van der Waals surface area contributed by atoms with Crippen LogP contribution in [0.15, 0.2) is 85.1 Å². The zero-order chi connectivity index (χ0) is 58.9. The van der Waals surface area contributed by atoms with Crippen molar-refractivity contribution in [3.63, 3.8) is 0 Å². The van der Waals surface area contributed by atoms with E-state index in [2.05, 4.69) is 99.0 Å². The largest absolute Gasteiger partial charge is 0.454 e. The second kappa shape index (κ2) is 57.3. The maximum Gasteiger partial charge on any atom is 0.306 e. The van der Waals surface area contributed by atoms with Gasteiger partial charge in [-0.1, -0.05) is 260 Å². The lowest BCUT2D eigenvalue weighted by atomic mass is 9.99. The Labute approximate surface area is 495 Å². The third-order valence-electron chi connectivity index (χ3n) is 15.3. The molecule has 1 aliphatic heterocycles. The third-order valence-corrected chi connectivity index (χ3v) is 15.3. The molecule has 0 aromatic heterocycles. The van der Waals surface area contributed by atoms with Gasteiger partial charge in [0.05, 0.1) is 25.4 Å². The number of ether oxygens (including phenoxy) is 3. The Morgan fingerprint density at radius 1 is 0.481 bits per heavy atom. The molecule has 1 amide bonds. The van der Waals surface area contributed by atoms with Gasteiger partial charge in [0.1, 0.15) is 24.4 Å². The first kappa shape index (κ1) is 75.9. The quantitative estimate of drug-likeness (QED) is 0.0195. The summed E-state index contributed by atoms with van der Waals surface area (Å²) in [5.74, 6) is -1.23. The van der Waals surface area contributed by atoms with Gasteiger partial charge in [0.2, 0.25) is 5.91 Å². The van der Waals surface area contributed by atoms with E-state index < -0.39 is 67.4 Å². The van der Waals surface area contributed by atoms with E-state index in [1.54, 1.807) is 6.08 Å². The lowest BCUT2D eigenvalue weighted by molar-refractivity contribution is -0.305. The van der Waals surface area contributed by atoms with Gasteiger partial charge in [-0.2, -0.15) is 0 Å². The van der Waals surface area contributed by atoms with Crippen LogP contribution in [0.1, 0.15) is 284 Å². The summed E-state index contributed by atoms with van der Waals surface area (Å²) in [7, 11) is 0. The summed E-state index contributed by atoms with van der Waals surface area (Å²) >= 11 is 0. The average molecular weight is 1140 g/mol. The fourth-order valence-corrected chi connectivity index (χ4v) is 9.96. The van der Waals surface area contributed by atoms with Crippen LogP contribution < -0.4 is 5.32 Å². The molecule has 11 heteroatoms. The Bertz CT molecular complexity index is 1640. The van der Waals surface area contributed by atoms with Gasteiger partial charge in [-0.05, 0) is 103 Å². The minimum atomic E-state index is -1.62. The molecule has 0 bridgehead atoms. The number of allylic oxidation sites excluding steroid dienone is 13. The molecule has 1 saturated heterocycles. The number of esters is 1. The fraction of sp³-hybridized carbons (Fsp3) is 0.771. The minimum absolute atomic E-state index is 0.114. The van der Waals surface area contributed by atoms with Crippen molar-refractivity contribution in [3.8, 4) is 0 Å². The van der Waals surface area contributed by atoms with Crippen molar-refractivity contribution in [1.29, 1.82) is 0 Å². The number of carbonyl (C=O) groups is 2. The third kappa shape index (κ3) is 45.0. The van der Waals surface area contributed by atoms with Gasteiger partial charge in [0.25, 0.3) is 0 Å². The van der Waals surface area contributed by atoms with E-state index in [4.69, 9.17) is 14.2 Å². The lowest BCUT2D eigenvalue weighted by Gasteiger charge is -2.41. The second-order valence-electron chi connectivity index (χ2n) is 22.8. The van der Waals surface area contributed by atoms with E-state index in [1.165, 1.54) is 154 Å². The number of hydrogen-bond acceptors (Lipinski definition) is 10. The molecule has 0 aromatic rings. The van der Waals surface area contributed by atoms with Crippen LogP contribution in [0, 0.1) is 0 Å². The van der Waals surface area contributed by atoms with E-state index in [-0.39, 0.29) is 19.4 Å². The van der Waals surface area contributed by atoms with Crippen molar-refractivity contribution in [2.45, 2.75) is 333 Å². The summed E-state index contributed by atoms with van der Waals surface area (Å²) < 4.78 is 17.7. The molecule has 468 valence electrons. The smallest absolute Gasteiger partial charge is 0.306 e. The highest BCUT2D eigenvalue weighted by molar-refractivity contribution is 5.80. The Morgan fingerprint density at radius 2 is 0.852 bits per heavy atom. The average Bonchev–Trinajstić information content (AvgIpc) is 3.46. The second-order valence-corrected chi connectivity index (χ2v) is 22.8. The first-order valence-corrected chi connectivity index (χ1v) is 33.4. The molecular weight excluding hydrogens is 1010 g/mol. The van der Waals surface area contributed by atoms with Gasteiger partial charge in [0, 0.05) is 6.42 Å². The van der Waals surface area contributed by atoms with Crippen LogP contribution in [-0.2, 0) is 23.8 Å². The lowest BCUT2D eigenvalue weighted by Crippen LogP contribution is -2.61. The molecule has 0 aliphatic carbocycles. The van der Waals surface area contributed by atoms with Gasteiger partial charge >= 0.3 is 5.97 Å². The molecule has 1 rings (SSSR count). The van der Waals surface area contributed by atoms with E-state index in [0.29, 0.717) is 12.8 Å². The van der Waals surface area contributed by atoms with E-state index in [9.17, 15) is 35.1 Å².